The number of amides is 2. The van der Waals surface area contributed by atoms with Crippen LogP contribution in [0.15, 0.2) is 29.3 Å². The Morgan fingerprint density at radius 2 is 2.00 bits per heavy atom. The molecule has 1 aliphatic rings. The van der Waals surface area contributed by atoms with Crippen molar-refractivity contribution in [2.75, 3.05) is 44.7 Å². The number of benzene rings is 1. The van der Waals surface area contributed by atoms with Crippen molar-refractivity contribution >= 4 is 23.6 Å². The van der Waals surface area contributed by atoms with E-state index in [1.807, 2.05) is 32.0 Å². The molecule has 1 aromatic carbocycles. The number of guanidine groups is 1. The number of nitrogens with zero attached hydrogens (tertiary/aromatic N) is 2. The lowest BCUT2D eigenvalue weighted by Crippen LogP contribution is -2.50. The van der Waals surface area contributed by atoms with Crippen LogP contribution in [0.2, 0.25) is 0 Å². The highest BCUT2D eigenvalue weighted by atomic mass is 16.6. The Balaban J connectivity index is 1.78. The fourth-order valence-electron chi connectivity index (χ4n) is 3.12. The molecule has 0 bridgehead atoms. The number of carbonyl (C=O) groups is 2. The van der Waals surface area contributed by atoms with Gasteiger partial charge in [-0.2, -0.15) is 0 Å². The fourth-order valence-corrected chi connectivity index (χ4v) is 3.12. The van der Waals surface area contributed by atoms with Crippen molar-refractivity contribution in [2.24, 2.45) is 4.99 Å². The number of hydrogen-bond donors (Lipinski definition) is 3. The van der Waals surface area contributed by atoms with Crippen molar-refractivity contribution < 1.29 is 19.1 Å². The standard InChI is InChI=1S/C21H33N5O4/c1-4-22-20(25-17-9-12-26(13-10-17)21(28)29-5-2)23-11-14-30-19-8-6-7-18(15-19)24-16(3)27/h6-8,15,17H,4-5,9-14H2,1-3H3,(H,24,27)(H2,22,23,25). The molecule has 30 heavy (non-hydrogen) atoms. The van der Waals surface area contributed by atoms with Crippen LogP contribution in [0.4, 0.5) is 10.5 Å². The van der Waals surface area contributed by atoms with E-state index >= 15 is 0 Å². The summed E-state index contributed by atoms with van der Waals surface area (Å²) < 4.78 is 10.8. The van der Waals surface area contributed by atoms with Gasteiger partial charge >= 0.3 is 6.09 Å². The summed E-state index contributed by atoms with van der Waals surface area (Å²) in [7, 11) is 0. The van der Waals surface area contributed by atoms with E-state index in [2.05, 4.69) is 20.9 Å². The van der Waals surface area contributed by atoms with Crippen LogP contribution in [0.25, 0.3) is 0 Å². The summed E-state index contributed by atoms with van der Waals surface area (Å²) >= 11 is 0. The number of rotatable bonds is 8. The number of likely N-dealkylation sites (tertiary alicyclic amines) is 1. The Labute approximate surface area is 178 Å². The van der Waals surface area contributed by atoms with Crippen molar-refractivity contribution in [3.05, 3.63) is 24.3 Å². The minimum Gasteiger partial charge on any atom is -0.492 e. The number of piperidine rings is 1. The smallest absolute Gasteiger partial charge is 0.409 e. The van der Waals surface area contributed by atoms with Gasteiger partial charge < -0.3 is 30.3 Å². The third-order valence-corrected chi connectivity index (χ3v) is 4.49. The van der Waals surface area contributed by atoms with Gasteiger partial charge in [0, 0.05) is 44.4 Å². The molecule has 166 valence electrons. The monoisotopic (exact) mass is 419 g/mol. The highest BCUT2D eigenvalue weighted by molar-refractivity contribution is 5.88. The summed E-state index contributed by atoms with van der Waals surface area (Å²) in [5, 5.41) is 9.41. The number of hydrogen-bond acceptors (Lipinski definition) is 5. The topological polar surface area (TPSA) is 104 Å². The van der Waals surface area contributed by atoms with Crippen LogP contribution in [0.1, 0.15) is 33.6 Å². The predicted molar refractivity (Wildman–Crippen MR) is 117 cm³/mol. The molecule has 9 heteroatoms. The average Bonchev–Trinajstić information content (AvgIpc) is 2.72. The highest BCUT2D eigenvalue weighted by Gasteiger charge is 2.23. The van der Waals surface area contributed by atoms with Crippen molar-refractivity contribution in [3.8, 4) is 5.75 Å². The number of carbonyl (C=O) groups excluding carboxylic acids is 2. The van der Waals surface area contributed by atoms with Gasteiger partial charge in [-0.05, 0) is 38.8 Å². The molecule has 9 nitrogen and oxygen atoms in total. The third-order valence-electron chi connectivity index (χ3n) is 4.49. The van der Waals surface area contributed by atoms with E-state index in [0.29, 0.717) is 44.3 Å². The molecule has 0 spiro atoms. The summed E-state index contributed by atoms with van der Waals surface area (Å²) in [5.41, 5.74) is 0.702. The lowest BCUT2D eigenvalue weighted by molar-refractivity contribution is -0.114. The third kappa shape index (κ3) is 8.18. The first-order valence-corrected chi connectivity index (χ1v) is 10.5. The van der Waals surface area contributed by atoms with E-state index in [4.69, 9.17) is 9.47 Å². The van der Waals surface area contributed by atoms with Crippen molar-refractivity contribution in [3.63, 3.8) is 0 Å². The number of nitrogens with one attached hydrogen (secondary N) is 3. The molecular formula is C21H33N5O4. The summed E-state index contributed by atoms with van der Waals surface area (Å²) in [6.07, 6.45) is 1.45. The summed E-state index contributed by atoms with van der Waals surface area (Å²) in [6.45, 7) is 8.70. The van der Waals surface area contributed by atoms with Crippen LogP contribution >= 0.6 is 0 Å². The minimum atomic E-state index is -0.240. The number of ether oxygens (including phenoxy) is 2. The Morgan fingerprint density at radius 3 is 2.67 bits per heavy atom. The molecule has 1 saturated heterocycles. The van der Waals surface area contributed by atoms with Crippen LogP contribution in [0.5, 0.6) is 5.75 Å². The van der Waals surface area contributed by atoms with E-state index in [1.165, 1.54) is 6.92 Å². The zero-order valence-corrected chi connectivity index (χ0v) is 18.1. The molecule has 1 aliphatic heterocycles. The molecule has 0 aromatic heterocycles. The first-order chi connectivity index (χ1) is 14.5. The Kier molecular flexibility index (Phi) is 9.76. The number of aliphatic imine (C=N–C) groups is 1. The largest absolute Gasteiger partial charge is 0.492 e. The Bertz CT molecular complexity index is 717. The predicted octanol–water partition coefficient (Wildman–Crippen LogP) is 2.20. The second kappa shape index (κ2) is 12.6. The molecule has 0 unspecified atom stereocenters. The zero-order chi connectivity index (χ0) is 21.8. The van der Waals surface area contributed by atoms with Gasteiger partial charge in [-0.15, -0.1) is 0 Å². The van der Waals surface area contributed by atoms with Gasteiger partial charge in [-0.3, -0.25) is 4.79 Å². The normalized spacial score (nSPS) is 14.8. The molecule has 1 heterocycles. The summed E-state index contributed by atoms with van der Waals surface area (Å²) in [5.74, 6) is 1.30. The molecule has 0 saturated carbocycles. The first-order valence-electron chi connectivity index (χ1n) is 10.5. The van der Waals surface area contributed by atoms with Crippen molar-refractivity contribution in [2.45, 2.75) is 39.7 Å². The molecule has 0 aliphatic carbocycles. The quantitative estimate of drug-likeness (QED) is 0.339. The lowest BCUT2D eigenvalue weighted by Gasteiger charge is -2.32. The average molecular weight is 420 g/mol. The van der Waals surface area contributed by atoms with Crippen molar-refractivity contribution in [1.29, 1.82) is 0 Å². The second-order valence-corrected chi connectivity index (χ2v) is 6.92. The van der Waals surface area contributed by atoms with Crippen LogP contribution < -0.4 is 20.7 Å². The summed E-state index contributed by atoms with van der Waals surface area (Å²) in [6, 6.07) is 7.52. The molecular weight excluding hydrogens is 386 g/mol. The lowest BCUT2D eigenvalue weighted by atomic mass is 10.1. The molecule has 3 N–H and O–H groups in total. The van der Waals surface area contributed by atoms with Gasteiger partial charge in [0.15, 0.2) is 5.96 Å². The van der Waals surface area contributed by atoms with Gasteiger partial charge in [-0.1, -0.05) is 6.07 Å². The van der Waals surface area contributed by atoms with Crippen molar-refractivity contribution in [1.82, 2.24) is 15.5 Å². The van der Waals surface area contributed by atoms with Crippen LogP contribution in [0.3, 0.4) is 0 Å². The van der Waals surface area contributed by atoms with Gasteiger partial charge in [0.2, 0.25) is 5.91 Å². The Hall–Kier alpha value is -2.97. The number of anilines is 1. The maximum absolute atomic E-state index is 11.8. The van der Waals surface area contributed by atoms with Gasteiger partial charge in [-0.25, -0.2) is 9.79 Å². The second-order valence-electron chi connectivity index (χ2n) is 6.92. The molecule has 1 aromatic rings. The zero-order valence-electron chi connectivity index (χ0n) is 18.1. The van der Waals surface area contributed by atoms with E-state index in [9.17, 15) is 9.59 Å². The maximum Gasteiger partial charge on any atom is 0.409 e. The van der Waals surface area contributed by atoms with Crippen LogP contribution in [0, 0.1) is 0 Å². The van der Waals surface area contributed by atoms with E-state index in [-0.39, 0.29) is 18.0 Å². The fraction of sp³-hybridized carbons (Fsp3) is 0.571. The van der Waals surface area contributed by atoms with E-state index in [0.717, 1.165) is 25.3 Å². The van der Waals surface area contributed by atoms with Gasteiger partial charge in [0.1, 0.15) is 12.4 Å². The summed E-state index contributed by atoms with van der Waals surface area (Å²) in [4.78, 5) is 29.3. The molecule has 2 rings (SSSR count). The maximum atomic E-state index is 11.8. The van der Waals surface area contributed by atoms with E-state index < -0.39 is 0 Å². The molecule has 0 radical (unpaired) electrons. The molecule has 2 amide bonds. The first kappa shape index (κ1) is 23.3. The highest BCUT2D eigenvalue weighted by Crippen LogP contribution is 2.17. The van der Waals surface area contributed by atoms with Gasteiger partial charge in [0.05, 0.1) is 13.2 Å². The SMILES string of the molecule is CCNC(=NCCOc1cccc(NC(C)=O)c1)NC1CCN(C(=O)OCC)CC1. The Morgan fingerprint density at radius 1 is 1.23 bits per heavy atom. The molecule has 0 atom stereocenters. The molecule has 1 fully saturated rings. The van der Waals surface area contributed by atoms with Crippen LogP contribution in [-0.4, -0.2) is 68.3 Å². The van der Waals surface area contributed by atoms with Crippen LogP contribution in [-0.2, 0) is 9.53 Å². The van der Waals surface area contributed by atoms with E-state index in [1.54, 1.807) is 11.0 Å². The van der Waals surface area contributed by atoms with Gasteiger partial charge in [0.25, 0.3) is 0 Å². The minimum absolute atomic E-state index is 0.119.